The minimum atomic E-state index is -0.345. The van der Waals surface area contributed by atoms with Crippen molar-refractivity contribution in [2.24, 2.45) is 0 Å². The lowest BCUT2D eigenvalue weighted by Crippen LogP contribution is -2.29. The predicted octanol–water partition coefficient (Wildman–Crippen LogP) is 5.45. The summed E-state index contributed by atoms with van der Waals surface area (Å²) in [7, 11) is 1.62. The monoisotopic (exact) mass is 480 g/mol. The van der Waals surface area contributed by atoms with E-state index in [0.29, 0.717) is 28.3 Å². The van der Waals surface area contributed by atoms with Crippen molar-refractivity contribution in [3.05, 3.63) is 101 Å². The van der Waals surface area contributed by atoms with Gasteiger partial charge in [-0.05, 0) is 73.2 Å². The normalized spacial score (nSPS) is 18.4. The largest absolute Gasteiger partial charge is 0.493 e. The van der Waals surface area contributed by atoms with E-state index in [1.807, 2.05) is 54.6 Å². The van der Waals surface area contributed by atoms with Gasteiger partial charge in [0.05, 0.1) is 36.6 Å². The van der Waals surface area contributed by atoms with Gasteiger partial charge in [0.15, 0.2) is 11.5 Å². The highest BCUT2D eigenvalue weighted by Crippen LogP contribution is 2.35. The number of likely N-dealkylation sites (tertiary alicyclic amines) is 1. The van der Waals surface area contributed by atoms with Crippen LogP contribution >= 0.6 is 0 Å². The van der Waals surface area contributed by atoms with Gasteiger partial charge in [0.25, 0.3) is 11.8 Å². The maximum atomic E-state index is 13.5. The molecule has 1 aliphatic carbocycles. The number of imide groups is 1. The summed E-state index contributed by atoms with van der Waals surface area (Å²) in [4.78, 5) is 32.5. The molecule has 3 aromatic rings. The number of methoxy groups -OCH3 is 1. The molecule has 2 heterocycles. The topological polar surface area (TPSA) is 68.7 Å². The summed E-state index contributed by atoms with van der Waals surface area (Å²) >= 11 is 0. The van der Waals surface area contributed by atoms with Crippen molar-refractivity contribution in [3.63, 3.8) is 0 Å². The Morgan fingerprint density at radius 3 is 2.22 bits per heavy atom. The van der Waals surface area contributed by atoms with Gasteiger partial charge >= 0.3 is 0 Å². The van der Waals surface area contributed by atoms with Crippen LogP contribution in [0.25, 0.3) is 12.2 Å². The second-order valence-corrected chi connectivity index (χ2v) is 8.98. The SMILES string of the molecule is COc1ccc(/C=C2/C(=O)N(Cc3ccccn3)C(=O)/C2=C/c2ccccc2)cc1OC1CCCC1. The third-order valence-corrected chi connectivity index (χ3v) is 6.49. The molecule has 2 aromatic carbocycles. The van der Waals surface area contributed by atoms with Crippen LogP contribution in [0.4, 0.5) is 0 Å². The van der Waals surface area contributed by atoms with Crippen LogP contribution in [0.15, 0.2) is 84.1 Å². The van der Waals surface area contributed by atoms with Crippen LogP contribution in [0.1, 0.15) is 42.5 Å². The van der Waals surface area contributed by atoms with Crippen molar-refractivity contribution in [1.29, 1.82) is 0 Å². The molecular formula is C30H28N2O4. The number of benzene rings is 2. The zero-order valence-electron chi connectivity index (χ0n) is 20.2. The Bertz CT molecular complexity index is 1310. The first-order valence-corrected chi connectivity index (χ1v) is 12.2. The van der Waals surface area contributed by atoms with Crippen LogP contribution in [-0.4, -0.2) is 34.9 Å². The van der Waals surface area contributed by atoms with Crippen LogP contribution < -0.4 is 9.47 Å². The lowest BCUT2D eigenvalue weighted by Gasteiger charge is -2.16. The van der Waals surface area contributed by atoms with Crippen molar-refractivity contribution in [3.8, 4) is 11.5 Å². The van der Waals surface area contributed by atoms with Crippen LogP contribution in [0.2, 0.25) is 0 Å². The summed E-state index contributed by atoms with van der Waals surface area (Å²) in [6.45, 7) is 0.112. The van der Waals surface area contributed by atoms with Gasteiger partial charge in [0.2, 0.25) is 0 Å². The highest BCUT2D eigenvalue weighted by molar-refractivity contribution is 6.28. The molecule has 2 aliphatic rings. The molecule has 5 rings (SSSR count). The number of ether oxygens (including phenoxy) is 2. The second-order valence-electron chi connectivity index (χ2n) is 8.98. The van der Waals surface area contributed by atoms with E-state index in [4.69, 9.17) is 9.47 Å². The van der Waals surface area contributed by atoms with Crippen molar-refractivity contribution in [2.45, 2.75) is 38.3 Å². The third kappa shape index (κ3) is 5.08. The summed E-state index contributed by atoms with van der Waals surface area (Å²) in [6, 6.07) is 20.6. The standard InChI is InChI=1S/C30H28N2O4/c1-35-27-15-14-22(19-28(27)36-24-12-5-6-13-24)18-26-25(17-21-9-3-2-4-10-21)29(33)32(30(26)34)20-23-11-7-8-16-31-23/h2-4,7-11,14-19,24H,5-6,12-13,20H2,1H3/b25-17+,26-18+. The van der Waals surface area contributed by atoms with Gasteiger partial charge in [-0.15, -0.1) is 0 Å². The zero-order valence-corrected chi connectivity index (χ0v) is 20.2. The Labute approximate surface area is 210 Å². The molecular weight excluding hydrogens is 452 g/mol. The number of aromatic nitrogens is 1. The Morgan fingerprint density at radius 1 is 0.861 bits per heavy atom. The number of hydrogen-bond acceptors (Lipinski definition) is 5. The predicted molar refractivity (Wildman–Crippen MR) is 138 cm³/mol. The van der Waals surface area contributed by atoms with Crippen LogP contribution in [0, 0.1) is 0 Å². The number of rotatable bonds is 7. The van der Waals surface area contributed by atoms with E-state index in [1.54, 1.807) is 37.6 Å². The van der Waals surface area contributed by atoms with E-state index < -0.39 is 0 Å². The lowest BCUT2D eigenvalue weighted by atomic mass is 10.0. The lowest BCUT2D eigenvalue weighted by molar-refractivity contribution is -0.137. The number of nitrogens with zero attached hydrogens (tertiary/aromatic N) is 2. The van der Waals surface area contributed by atoms with Gasteiger partial charge in [0.1, 0.15) is 0 Å². The van der Waals surface area contributed by atoms with E-state index in [2.05, 4.69) is 4.98 Å². The Hall–Kier alpha value is -4.19. The first-order chi connectivity index (χ1) is 17.6. The molecule has 0 N–H and O–H groups in total. The van der Waals surface area contributed by atoms with Gasteiger partial charge in [-0.25, -0.2) is 0 Å². The summed E-state index contributed by atoms with van der Waals surface area (Å²) < 4.78 is 11.7. The number of carbonyl (C=O) groups is 2. The zero-order chi connectivity index (χ0) is 24.9. The second kappa shape index (κ2) is 10.6. The van der Waals surface area contributed by atoms with Gasteiger partial charge in [-0.1, -0.05) is 42.5 Å². The van der Waals surface area contributed by atoms with Crippen molar-refractivity contribution in [2.75, 3.05) is 7.11 Å². The summed E-state index contributed by atoms with van der Waals surface area (Å²) in [5.41, 5.74) is 2.96. The van der Waals surface area contributed by atoms with Crippen molar-refractivity contribution < 1.29 is 19.1 Å². The van der Waals surface area contributed by atoms with Gasteiger partial charge < -0.3 is 9.47 Å². The average Bonchev–Trinajstić information content (AvgIpc) is 3.49. The fraction of sp³-hybridized carbons (Fsp3) is 0.233. The molecule has 2 amide bonds. The highest BCUT2D eigenvalue weighted by atomic mass is 16.5. The van der Waals surface area contributed by atoms with Crippen LogP contribution in [0.5, 0.6) is 11.5 Å². The minimum absolute atomic E-state index is 0.112. The van der Waals surface area contributed by atoms with Gasteiger partial charge in [0, 0.05) is 6.20 Å². The maximum absolute atomic E-state index is 13.5. The minimum Gasteiger partial charge on any atom is -0.493 e. The Balaban J connectivity index is 1.53. The molecule has 0 spiro atoms. The molecule has 1 aromatic heterocycles. The highest BCUT2D eigenvalue weighted by Gasteiger charge is 2.39. The molecule has 6 nitrogen and oxygen atoms in total. The van der Waals surface area contributed by atoms with Crippen molar-refractivity contribution >= 4 is 24.0 Å². The molecule has 2 fully saturated rings. The molecule has 1 aliphatic heterocycles. The molecule has 0 unspecified atom stereocenters. The van der Waals surface area contributed by atoms with Crippen LogP contribution in [-0.2, 0) is 16.1 Å². The smallest absolute Gasteiger partial charge is 0.261 e. The summed E-state index contributed by atoms with van der Waals surface area (Å²) in [6.07, 6.45) is 9.71. The molecule has 1 saturated carbocycles. The average molecular weight is 481 g/mol. The number of hydrogen-bond donors (Lipinski definition) is 0. The molecule has 0 radical (unpaired) electrons. The molecule has 182 valence electrons. The molecule has 6 heteroatoms. The van der Waals surface area contributed by atoms with Gasteiger partial charge in [-0.3, -0.25) is 19.5 Å². The number of amides is 2. The van der Waals surface area contributed by atoms with Gasteiger partial charge in [-0.2, -0.15) is 0 Å². The first kappa shape index (κ1) is 23.5. The van der Waals surface area contributed by atoms with Crippen LogP contribution in [0.3, 0.4) is 0 Å². The quantitative estimate of drug-likeness (QED) is 0.332. The Kier molecular flexibility index (Phi) is 6.94. The molecule has 1 saturated heterocycles. The summed E-state index contributed by atoms with van der Waals surface area (Å²) in [5, 5.41) is 0. The van der Waals surface area contributed by atoms with Crippen molar-refractivity contribution in [1.82, 2.24) is 9.88 Å². The molecule has 36 heavy (non-hydrogen) atoms. The van der Waals surface area contributed by atoms with E-state index in [0.717, 1.165) is 36.8 Å². The summed E-state index contributed by atoms with van der Waals surface area (Å²) in [5.74, 6) is 0.614. The molecule has 0 atom stereocenters. The van der Waals surface area contributed by atoms with E-state index >= 15 is 0 Å². The Morgan fingerprint density at radius 2 is 1.56 bits per heavy atom. The number of carbonyl (C=O) groups excluding carboxylic acids is 2. The third-order valence-electron chi connectivity index (χ3n) is 6.49. The van der Waals surface area contributed by atoms with E-state index in [1.165, 1.54) is 4.90 Å². The molecule has 0 bridgehead atoms. The van der Waals surface area contributed by atoms with E-state index in [9.17, 15) is 9.59 Å². The number of pyridine rings is 1. The maximum Gasteiger partial charge on any atom is 0.261 e. The van der Waals surface area contributed by atoms with E-state index in [-0.39, 0.29) is 24.5 Å². The fourth-order valence-corrected chi connectivity index (χ4v) is 4.63. The fourth-order valence-electron chi connectivity index (χ4n) is 4.63. The first-order valence-electron chi connectivity index (χ1n) is 12.2.